The van der Waals surface area contributed by atoms with E-state index in [-0.39, 0.29) is 17.4 Å². The number of aryl methyl sites for hydroxylation is 1. The van der Waals surface area contributed by atoms with Crippen LogP contribution in [0.2, 0.25) is 0 Å². The number of nitrogens with two attached hydrogens (primary N) is 1. The molecule has 0 spiro atoms. The van der Waals surface area contributed by atoms with Gasteiger partial charge in [-0.1, -0.05) is 26.0 Å². The Hall–Kier alpha value is -1.55. The molecule has 1 unspecified atom stereocenters. The van der Waals surface area contributed by atoms with Gasteiger partial charge >= 0.3 is 5.97 Å². The lowest BCUT2D eigenvalue weighted by Gasteiger charge is -2.27. The van der Waals surface area contributed by atoms with Gasteiger partial charge in [0.15, 0.2) is 0 Å². The summed E-state index contributed by atoms with van der Waals surface area (Å²) in [5.41, 5.74) is 8.19. The quantitative estimate of drug-likeness (QED) is 0.813. The van der Waals surface area contributed by atoms with E-state index in [9.17, 15) is 4.79 Å². The molecule has 2 N–H and O–H groups in total. The van der Waals surface area contributed by atoms with Gasteiger partial charge in [-0.05, 0) is 36.0 Å². The predicted molar refractivity (Wildman–Crippen MR) is 79.7 cm³/mol. The van der Waals surface area contributed by atoms with Gasteiger partial charge in [-0.2, -0.15) is 0 Å². The van der Waals surface area contributed by atoms with Crippen molar-refractivity contribution >= 4 is 5.97 Å². The van der Waals surface area contributed by atoms with Crippen molar-refractivity contribution in [2.45, 2.75) is 39.7 Å². The van der Waals surface area contributed by atoms with Gasteiger partial charge < -0.3 is 15.2 Å². The first-order valence-corrected chi connectivity index (χ1v) is 6.76. The fourth-order valence-corrected chi connectivity index (χ4v) is 2.38. The number of carbonyl (C=O) groups excluding carboxylic acids is 1. The van der Waals surface area contributed by atoms with E-state index in [1.165, 1.54) is 7.11 Å². The molecule has 0 amide bonds. The van der Waals surface area contributed by atoms with E-state index < -0.39 is 0 Å². The highest BCUT2D eigenvalue weighted by molar-refractivity contribution is 5.69. The number of hydrogen-bond acceptors (Lipinski definition) is 4. The Bertz CT molecular complexity index is 469. The highest BCUT2D eigenvalue weighted by atomic mass is 16.5. The molecule has 112 valence electrons. The van der Waals surface area contributed by atoms with Crippen LogP contribution in [0.3, 0.4) is 0 Å². The molecule has 1 aromatic carbocycles. The maximum Gasteiger partial charge on any atom is 0.306 e. The molecule has 4 heteroatoms. The van der Waals surface area contributed by atoms with Crippen molar-refractivity contribution in [1.82, 2.24) is 0 Å². The second kappa shape index (κ2) is 6.75. The van der Waals surface area contributed by atoms with Crippen molar-refractivity contribution in [1.29, 1.82) is 0 Å². The minimum absolute atomic E-state index is 0.112. The zero-order valence-corrected chi connectivity index (χ0v) is 13.0. The standard InChI is InChI=1S/C16H25NO3/c1-11-8-12(6-7-14(11)19-4)13(17)9-16(2,3)10-15(18)20-5/h6-8,13H,9-10,17H2,1-5H3. The highest BCUT2D eigenvalue weighted by Gasteiger charge is 2.26. The van der Waals surface area contributed by atoms with Gasteiger partial charge in [0, 0.05) is 6.04 Å². The molecule has 4 nitrogen and oxygen atoms in total. The van der Waals surface area contributed by atoms with Crippen LogP contribution in [0.5, 0.6) is 5.75 Å². The Morgan fingerprint density at radius 1 is 1.35 bits per heavy atom. The Labute approximate surface area is 121 Å². The van der Waals surface area contributed by atoms with Gasteiger partial charge in [-0.15, -0.1) is 0 Å². The van der Waals surface area contributed by atoms with Gasteiger partial charge in [-0.25, -0.2) is 0 Å². The number of benzene rings is 1. The molecule has 1 aromatic rings. The van der Waals surface area contributed by atoms with E-state index in [4.69, 9.17) is 15.2 Å². The molecule has 1 rings (SSSR count). The monoisotopic (exact) mass is 279 g/mol. The molecule has 0 heterocycles. The first-order chi connectivity index (χ1) is 9.29. The third kappa shape index (κ3) is 4.53. The predicted octanol–water partition coefficient (Wildman–Crippen LogP) is 2.98. The third-order valence-electron chi connectivity index (χ3n) is 3.47. The molecule has 0 aliphatic carbocycles. The van der Waals surface area contributed by atoms with Gasteiger partial charge in [-0.3, -0.25) is 4.79 Å². The van der Waals surface area contributed by atoms with Crippen LogP contribution in [-0.2, 0) is 9.53 Å². The molecule has 0 aromatic heterocycles. The summed E-state index contributed by atoms with van der Waals surface area (Å²) in [5.74, 6) is 0.655. The number of hydrogen-bond donors (Lipinski definition) is 1. The number of ether oxygens (including phenoxy) is 2. The van der Waals surface area contributed by atoms with Gasteiger partial charge in [0.05, 0.1) is 20.6 Å². The molecule has 0 aliphatic rings. The maximum absolute atomic E-state index is 11.4. The Kier molecular flexibility index (Phi) is 5.57. The first kappa shape index (κ1) is 16.5. The Morgan fingerprint density at radius 2 is 2.00 bits per heavy atom. The lowest BCUT2D eigenvalue weighted by Crippen LogP contribution is -2.24. The van der Waals surface area contributed by atoms with E-state index in [0.29, 0.717) is 12.8 Å². The summed E-state index contributed by atoms with van der Waals surface area (Å²) >= 11 is 0. The lowest BCUT2D eigenvalue weighted by atomic mass is 9.81. The van der Waals surface area contributed by atoms with Crippen molar-refractivity contribution < 1.29 is 14.3 Å². The molecular formula is C16H25NO3. The second-order valence-corrected chi connectivity index (χ2v) is 5.96. The van der Waals surface area contributed by atoms with Crippen LogP contribution in [0.4, 0.5) is 0 Å². The summed E-state index contributed by atoms with van der Waals surface area (Å²) in [5, 5.41) is 0. The van der Waals surface area contributed by atoms with E-state index in [1.807, 2.05) is 39.0 Å². The summed E-state index contributed by atoms with van der Waals surface area (Å²) < 4.78 is 9.97. The molecule has 0 radical (unpaired) electrons. The summed E-state index contributed by atoms with van der Waals surface area (Å²) in [6, 6.07) is 5.83. The number of rotatable bonds is 6. The molecule has 0 saturated carbocycles. The smallest absolute Gasteiger partial charge is 0.306 e. The van der Waals surface area contributed by atoms with Gasteiger partial charge in [0.1, 0.15) is 5.75 Å². The van der Waals surface area contributed by atoms with Crippen molar-refractivity contribution in [3.8, 4) is 5.75 Å². The zero-order chi connectivity index (χ0) is 15.3. The summed E-state index contributed by atoms with van der Waals surface area (Å²) in [4.78, 5) is 11.4. The van der Waals surface area contributed by atoms with E-state index in [2.05, 4.69) is 0 Å². The molecular weight excluding hydrogens is 254 g/mol. The molecule has 1 atom stereocenters. The SMILES string of the molecule is COC(=O)CC(C)(C)CC(N)c1ccc(OC)c(C)c1. The maximum atomic E-state index is 11.4. The Balaban J connectivity index is 2.77. The number of esters is 1. The topological polar surface area (TPSA) is 61.5 Å². The van der Waals surface area contributed by atoms with Crippen LogP contribution in [-0.4, -0.2) is 20.2 Å². The molecule has 0 aliphatic heterocycles. The molecule has 20 heavy (non-hydrogen) atoms. The summed E-state index contributed by atoms with van der Waals surface area (Å²) in [6.45, 7) is 6.05. The van der Waals surface area contributed by atoms with Crippen molar-refractivity contribution in [3.05, 3.63) is 29.3 Å². The van der Waals surface area contributed by atoms with Gasteiger partial charge in [0.25, 0.3) is 0 Å². The van der Waals surface area contributed by atoms with Crippen LogP contribution in [0.25, 0.3) is 0 Å². The van der Waals surface area contributed by atoms with Crippen molar-refractivity contribution in [2.75, 3.05) is 14.2 Å². The zero-order valence-electron chi connectivity index (χ0n) is 13.0. The van der Waals surface area contributed by atoms with Crippen LogP contribution < -0.4 is 10.5 Å². The largest absolute Gasteiger partial charge is 0.496 e. The van der Waals surface area contributed by atoms with E-state index in [1.54, 1.807) is 7.11 Å². The summed E-state index contributed by atoms with van der Waals surface area (Å²) in [6.07, 6.45) is 1.08. The lowest BCUT2D eigenvalue weighted by molar-refractivity contribution is -0.143. The first-order valence-electron chi connectivity index (χ1n) is 6.76. The minimum atomic E-state index is -0.201. The normalized spacial score (nSPS) is 12.9. The van der Waals surface area contributed by atoms with Gasteiger partial charge in [0.2, 0.25) is 0 Å². The number of carbonyl (C=O) groups is 1. The molecule has 0 fully saturated rings. The van der Waals surface area contributed by atoms with E-state index >= 15 is 0 Å². The average Bonchev–Trinajstić information content (AvgIpc) is 2.37. The average molecular weight is 279 g/mol. The number of methoxy groups -OCH3 is 2. The van der Waals surface area contributed by atoms with Crippen LogP contribution >= 0.6 is 0 Å². The summed E-state index contributed by atoms with van der Waals surface area (Å²) in [7, 11) is 3.06. The van der Waals surface area contributed by atoms with Crippen LogP contribution in [0.1, 0.15) is 43.9 Å². The van der Waals surface area contributed by atoms with Crippen LogP contribution in [0.15, 0.2) is 18.2 Å². The highest BCUT2D eigenvalue weighted by Crippen LogP contribution is 2.33. The van der Waals surface area contributed by atoms with Crippen molar-refractivity contribution in [3.63, 3.8) is 0 Å². The molecule has 0 bridgehead atoms. The second-order valence-electron chi connectivity index (χ2n) is 5.96. The van der Waals surface area contributed by atoms with Crippen LogP contribution in [0, 0.1) is 12.3 Å². The Morgan fingerprint density at radius 3 is 2.50 bits per heavy atom. The third-order valence-corrected chi connectivity index (χ3v) is 3.47. The van der Waals surface area contributed by atoms with E-state index in [0.717, 1.165) is 16.9 Å². The minimum Gasteiger partial charge on any atom is -0.496 e. The van der Waals surface area contributed by atoms with Crippen molar-refractivity contribution in [2.24, 2.45) is 11.1 Å². The fraction of sp³-hybridized carbons (Fsp3) is 0.562. The molecule has 0 saturated heterocycles. The fourth-order valence-electron chi connectivity index (χ4n) is 2.38.